The molecule has 0 spiro atoms. The van der Waals surface area contributed by atoms with Crippen LogP contribution in [0.25, 0.3) is 0 Å². The van der Waals surface area contributed by atoms with Crippen molar-refractivity contribution in [1.29, 1.82) is 0 Å². The Hall–Kier alpha value is -3.64. The Bertz CT molecular complexity index is 1130. The van der Waals surface area contributed by atoms with E-state index in [-0.39, 0.29) is 57.5 Å². The third-order valence-corrected chi connectivity index (χ3v) is 6.30. The molecule has 5 rings (SSSR count). The quantitative estimate of drug-likeness (QED) is 0.699. The smallest absolute Gasteiger partial charge is 0.410 e. The van der Waals surface area contributed by atoms with E-state index in [1.807, 2.05) is 0 Å². The van der Waals surface area contributed by atoms with E-state index < -0.39 is 30.3 Å². The number of hydrogen-bond acceptors (Lipinski definition) is 7. The van der Waals surface area contributed by atoms with Crippen LogP contribution < -0.4 is 14.8 Å². The van der Waals surface area contributed by atoms with Gasteiger partial charge in [-0.25, -0.2) is 9.48 Å². The number of carbonyl (C=O) groups is 2. The van der Waals surface area contributed by atoms with Gasteiger partial charge >= 0.3 is 12.3 Å². The van der Waals surface area contributed by atoms with Crippen molar-refractivity contribution in [3.8, 4) is 11.5 Å². The highest BCUT2D eigenvalue weighted by atomic mass is 19.4. The number of aromatic nitrogens is 2. The summed E-state index contributed by atoms with van der Waals surface area (Å²) in [6.45, 7) is 3.03. The number of anilines is 1. The van der Waals surface area contributed by atoms with Gasteiger partial charge in [0.2, 0.25) is 6.79 Å². The van der Waals surface area contributed by atoms with Gasteiger partial charge in [-0.2, -0.15) is 18.3 Å². The van der Waals surface area contributed by atoms with E-state index in [1.54, 1.807) is 25.1 Å². The first-order valence-corrected chi connectivity index (χ1v) is 11.3. The van der Waals surface area contributed by atoms with Gasteiger partial charge in [-0.05, 0) is 24.6 Å². The number of halogens is 3. The molecule has 2 atom stereocenters. The first kappa shape index (κ1) is 23.1. The zero-order valence-corrected chi connectivity index (χ0v) is 18.9. The highest BCUT2D eigenvalue weighted by Gasteiger charge is 2.47. The normalized spacial score (nSPS) is 21.4. The molecule has 0 aliphatic carbocycles. The van der Waals surface area contributed by atoms with Crippen LogP contribution in [0.4, 0.5) is 23.8 Å². The minimum atomic E-state index is -4.57. The van der Waals surface area contributed by atoms with Gasteiger partial charge in [-0.3, -0.25) is 4.79 Å². The minimum Gasteiger partial charge on any atom is -0.454 e. The van der Waals surface area contributed by atoms with Gasteiger partial charge in [0.15, 0.2) is 23.2 Å². The molecule has 4 heterocycles. The fourth-order valence-electron chi connectivity index (χ4n) is 4.50. The number of amides is 2. The number of ether oxygens (including phenoxy) is 3. The molecule has 0 radical (unpaired) electrons. The zero-order chi connectivity index (χ0) is 24.7. The second-order valence-corrected chi connectivity index (χ2v) is 8.44. The first-order valence-electron chi connectivity index (χ1n) is 11.3. The zero-order valence-electron chi connectivity index (χ0n) is 18.9. The third-order valence-electron chi connectivity index (χ3n) is 6.30. The Labute approximate surface area is 198 Å². The average Bonchev–Trinajstić information content (AvgIpc) is 3.49. The first-order chi connectivity index (χ1) is 16.7. The summed E-state index contributed by atoms with van der Waals surface area (Å²) in [5.74, 6) is 0.634. The highest BCUT2D eigenvalue weighted by Crippen LogP contribution is 2.45. The molecule has 1 fully saturated rings. The number of piperazine rings is 1. The SMILES string of the molecule is CCOC(=O)N1CCN(C(=O)c2cc3n(n2)[C@@H](C(F)(F)F)C[C@@H](c2ccc4c(c2)OCO4)N3)CC1. The molecule has 35 heavy (non-hydrogen) atoms. The van der Waals surface area contributed by atoms with E-state index in [1.165, 1.54) is 15.9 Å². The summed E-state index contributed by atoms with van der Waals surface area (Å²) in [5.41, 5.74) is 0.525. The van der Waals surface area contributed by atoms with Crippen molar-refractivity contribution >= 4 is 17.8 Å². The average molecular weight is 495 g/mol. The van der Waals surface area contributed by atoms with Crippen LogP contribution in [-0.4, -0.2) is 77.3 Å². The Morgan fingerprint density at radius 3 is 2.54 bits per heavy atom. The highest BCUT2D eigenvalue weighted by molar-refractivity contribution is 5.93. The molecule has 1 N–H and O–H groups in total. The fourth-order valence-corrected chi connectivity index (χ4v) is 4.50. The third kappa shape index (κ3) is 4.42. The molecular weight excluding hydrogens is 471 g/mol. The maximum atomic E-state index is 14.0. The molecule has 188 valence electrons. The molecule has 13 heteroatoms. The topological polar surface area (TPSA) is 98.2 Å². The number of fused-ring (bicyclic) bond motifs is 2. The lowest BCUT2D eigenvalue weighted by Gasteiger charge is -2.33. The standard InChI is InChI=1S/C22H24F3N5O5/c1-2-33-21(32)29-7-5-28(6-8-29)20(31)15-11-19-26-14(10-18(22(23,24)25)30(19)27-15)13-3-4-16-17(9-13)35-12-34-16/h3-4,9,11,14,18,26H,2,5-8,10,12H2,1H3/t14-,18+/m0/s1. The lowest BCUT2D eigenvalue weighted by atomic mass is 9.96. The van der Waals surface area contributed by atoms with Crippen molar-refractivity contribution in [2.24, 2.45) is 0 Å². The Balaban J connectivity index is 1.35. The number of nitrogens with zero attached hydrogens (tertiary/aromatic N) is 4. The molecule has 2 aromatic rings. The summed E-state index contributed by atoms with van der Waals surface area (Å²) in [4.78, 5) is 27.9. The molecule has 0 saturated carbocycles. The van der Waals surface area contributed by atoms with E-state index in [0.29, 0.717) is 17.1 Å². The lowest BCUT2D eigenvalue weighted by Crippen LogP contribution is -2.50. The van der Waals surface area contributed by atoms with Crippen molar-refractivity contribution in [1.82, 2.24) is 19.6 Å². The van der Waals surface area contributed by atoms with E-state index in [0.717, 1.165) is 4.68 Å². The van der Waals surface area contributed by atoms with Crippen LogP contribution in [-0.2, 0) is 4.74 Å². The van der Waals surface area contributed by atoms with Crippen molar-refractivity contribution in [2.45, 2.75) is 31.6 Å². The van der Waals surface area contributed by atoms with Crippen molar-refractivity contribution in [2.75, 3.05) is 44.9 Å². The monoisotopic (exact) mass is 495 g/mol. The maximum Gasteiger partial charge on any atom is 0.410 e. The molecule has 10 nitrogen and oxygen atoms in total. The van der Waals surface area contributed by atoms with Crippen LogP contribution in [0.2, 0.25) is 0 Å². The van der Waals surface area contributed by atoms with Crippen molar-refractivity contribution < 1.29 is 37.0 Å². The Morgan fingerprint density at radius 1 is 1.11 bits per heavy atom. The predicted molar refractivity (Wildman–Crippen MR) is 115 cm³/mol. The van der Waals surface area contributed by atoms with Crippen LogP contribution in [0, 0.1) is 0 Å². The summed E-state index contributed by atoms with van der Waals surface area (Å²) >= 11 is 0. The number of hydrogen-bond donors (Lipinski definition) is 1. The molecule has 1 aromatic carbocycles. The van der Waals surface area contributed by atoms with Crippen molar-refractivity contribution in [3.63, 3.8) is 0 Å². The number of alkyl halides is 3. The summed E-state index contributed by atoms with van der Waals surface area (Å²) in [6, 6.07) is 3.79. The minimum absolute atomic E-state index is 0.0638. The summed E-state index contributed by atoms with van der Waals surface area (Å²) < 4.78 is 58.4. The van der Waals surface area contributed by atoms with Crippen LogP contribution >= 0.6 is 0 Å². The van der Waals surface area contributed by atoms with Crippen LogP contribution in [0.5, 0.6) is 11.5 Å². The van der Waals surface area contributed by atoms with Gasteiger partial charge in [0, 0.05) is 38.7 Å². The van der Waals surface area contributed by atoms with Gasteiger partial charge < -0.3 is 29.3 Å². The maximum absolute atomic E-state index is 14.0. The Kier molecular flexibility index (Phi) is 5.85. The van der Waals surface area contributed by atoms with E-state index in [2.05, 4.69) is 10.4 Å². The molecule has 3 aliphatic heterocycles. The van der Waals surface area contributed by atoms with Gasteiger partial charge in [-0.15, -0.1) is 0 Å². The number of nitrogens with one attached hydrogen (secondary N) is 1. The van der Waals surface area contributed by atoms with Crippen LogP contribution in [0.1, 0.15) is 41.5 Å². The molecule has 1 aromatic heterocycles. The van der Waals surface area contributed by atoms with E-state index >= 15 is 0 Å². The summed E-state index contributed by atoms with van der Waals surface area (Å²) in [6.07, 6.45) is -5.32. The van der Waals surface area contributed by atoms with E-state index in [9.17, 15) is 22.8 Å². The van der Waals surface area contributed by atoms with Gasteiger partial charge in [0.1, 0.15) is 5.82 Å². The fraction of sp³-hybridized carbons (Fsp3) is 0.500. The van der Waals surface area contributed by atoms with Gasteiger partial charge in [0.25, 0.3) is 5.91 Å². The number of rotatable bonds is 3. The molecule has 0 unspecified atom stereocenters. The van der Waals surface area contributed by atoms with Crippen molar-refractivity contribution in [3.05, 3.63) is 35.5 Å². The van der Waals surface area contributed by atoms with Gasteiger partial charge in [0.05, 0.1) is 12.6 Å². The summed E-state index contributed by atoms with van der Waals surface area (Å²) in [7, 11) is 0. The number of carbonyl (C=O) groups excluding carboxylic acids is 2. The van der Waals surface area contributed by atoms with Crippen LogP contribution in [0.3, 0.4) is 0 Å². The molecule has 1 saturated heterocycles. The second-order valence-electron chi connectivity index (χ2n) is 8.44. The second kappa shape index (κ2) is 8.86. The van der Waals surface area contributed by atoms with Crippen LogP contribution in [0.15, 0.2) is 24.3 Å². The molecule has 0 bridgehead atoms. The molecule has 3 aliphatic rings. The lowest BCUT2D eigenvalue weighted by molar-refractivity contribution is -0.173. The molecular formula is C22H24F3N5O5. The summed E-state index contributed by atoms with van der Waals surface area (Å²) in [5, 5.41) is 7.12. The predicted octanol–water partition coefficient (Wildman–Crippen LogP) is 3.19. The van der Waals surface area contributed by atoms with Gasteiger partial charge in [-0.1, -0.05) is 6.07 Å². The largest absolute Gasteiger partial charge is 0.454 e. The number of benzene rings is 1. The van der Waals surface area contributed by atoms with E-state index in [4.69, 9.17) is 14.2 Å². The Morgan fingerprint density at radius 2 is 1.83 bits per heavy atom. The molecule has 2 amide bonds.